The SMILES string of the molecule is Cc1nc([S-])c(C(N)=O)c2c1CCCC2.[Na+]. The molecular weight excluding hydrogens is 231 g/mol. The Morgan fingerprint density at radius 1 is 1.31 bits per heavy atom. The van der Waals surface area contributed by atoms with Crippen molar-refractivity contribution in [1.82, 2.24) is 4.98 Å². The van der Waals surface area contributed by atoms with Gasteiger partial charge in [0.25, 0.3) is 0 Å². The predicted octanol–water partition coefficient (Wildman–Crippen LogP) is -1.72. The van der Waals surface area contributed by atoms with E-state index in [1.807, 2.05) is 6.92 Å². The number of carbonyl (C=O) groups is 1. The number of rotatable bonds is 1. The summed E-state index contributed by atoms with van der Waals surface area (Å²) in [4.78, 5) is 15.5. The molecule has 1 heterocycles. The smallest absolute Gasteiger partial charge is 0.759 e. The van der Waals surface area contributed by atoms with Crippen molar-refractivity contribution >= 4 is 18.5 Å². The van der Waals surface area contributed by atoms with Gasteiger partial charge in [-0.05, 0) is 43.7 Å². The number of hydrogen-bond donors (Lipinski definition) is 1. The molecule has 1 amide bonds. The van der Waals surface area contributed by atoms with Crippen LogP contribution in [0.2, 0.25) is 0 Å². The fourth-order valence-electron chi connectivity index (χ4n) is 2.24. The number of aryl methyl sites for hydroxylation is 1. The summed E-state index contributed by atoms with van der Waals surface area (Å²) in [6.07, 6.45) is 4.15. The van der Waals surface area contributed by atoms with Crippen LogP contribution in [-0.2, 0) is 25.5 Å². The number of hydrogen-bond acceptors (Lipinski definition) is 3. The van der Waals surface area contributed by atoms with Crippen molar-refractivity contribution in [3.05, 3.63) is 22.4 Å². The van der Waals surface area contributed by atoms with Gasteiger partial charge >= 0.3 is 29.6 Å². The van der Waals surface area contributed by atoms with Crippen LogP contribution in [0.15, 0.2) is 5.03 Å². The Balaban J connectivity index is 0.00000128. The van der Waals surface area contributed by atoms with E-state index in [4.69, 9.17) is 18.4 Å². The van der Waals surface area contributed by atoms with Crippen LogP contribution in [0.4, 0.5) is 0 Å². The zero-order valence-corrected chi connectivity index (χ0v) is 12.5. The summed E-state index contributed by atoms with van der Waals surface area (Å²) in [6, 6.07) is 0. The minimum absolute atomic E-state index is 0. The fraction of sp³-hybridized carbons (Fsp3) is 0.455. The Bertz CT molecular complexity index is 434. The zero-order valence-electron chi connectivity index (χ0n) is 9.67. The number of primary amides is 1. The van der Waals surface area contributed by atoms with Crippen molar-refractivity contribution in [2.45, 2.75) is 37.6 Å². The summed E-state index contributed by atoms with van der Waals surface area (Å²) in [7, 11) is 0. The van der Waals surface area contributed by atoms with Crippen LogP contribution >= 0.6 is 0 Å². The third-order valence-electron chi connectivity index (χ3n) is 2.94. The van der Waals surface area contributed by atoms with Crippen molar-refractivity contribution in [3.8, 4) is 0 Å². The molecule has 0 spiro atoms. The van der Waals surface area contributed by atoms with Crippen molar-refractivity contribution in [3.63, 3.8) is 0 Å². The first-order valence-electron chi connectivity index (χ1n) is 5.10. The number of pyridine rings is 1. The molecule has 1 aliphatic rings. The largest absolute Gasteiger partial charge is 1.00 e. The number of nitrogens with zero attached hydrogens (tertiary/aromatic N) is 1. The fourth-order valence-corrected chi connectivity index (χ4v) is 2.60. The number of aromatic nitrogens is 1. The van der Waals surface area contributed by atoms with Gasteiger partial charge < -0.3 is 18.4 Å². The van der Waals surface area contributed by atoms with E-state index in [0.29, 0.717) is 10.6 Å². The molecule has 0 atom stereocenters. The van der Waals surface area contributed by atoms with Crippen molar-refractivity contribution < 1.29 is 34.4 Å². The average molecular weight is 244 g/mol. The maximum Gasteiger partial charge on any atom is 1.00 e. The van der Waals surface area contributed by atoms with Crippen molar-refractivity contribution in [2.24, 2.45) is 5.73 Å². The van der Waals surface area contributed by atoms with E-state index in [1.54, 1.807) is 0 Å². The first-order chi connectivity index (χ1) is 7.11. The second kappa shape index (κ2) is 5.45. The average Bonchev–Trinajstić information content (AvgIpc) is 2.17. The molecule has 0 aliphatic heterocycles. The molecule has 5 heteroatoms. The molecule has 0 fully saturated rings. The molecule has 2 N–H and O–H groups in total. The van der Waals surface area contributed by atoms with Gasteiger partial charge in [0, 0.05) is 11.3 Å². The predicted molar refractivity (Wildman–Crippen MR) is 59.8 cm³/mol. The van der Waals surface area contributed by atoms with E-state index in [0.717, 1.165) is 36.9 Å². The van der Waals surface area contributed by atoms with E-state index in [1.165, 1.54) is 5.56 Å². The van der Waals surface area contributed by atoms with Crippen LogP contribution in [0.3, 0.4) is 0 Å². The molecule has 2 rings (SSSR count). The number of amides is 1. The van der Waals surface area contributed by atoms with E-state index < -0.39 is 5.91 Å². The molecular formula is C11H13N2NaOS. The van der Waals surface area contributed by atoms with Gasteiger partial charge in [0.2, 0.25) is 5.91 Å². The Morgan fingerprint density at radius 2 is 1.88 bits per heavy atom. The molecule has 0 radical (unpaired) electrons. The summed E-state index contributed by atoms with van der Waals surface area (Å²) in [6.45, 7) is 1.95. The van der Waals surface area contributed by atoms with Gasteiger partial charge in [0.05, 0.1) is 0 Å². The van der Waals surface area contributed by atoms with Gasteiger partial charge in [-0.2, -0.15) is 0 Å². The molecule has 0 saturated heterocycles. The van der Waals surface area contributed by atoms with Gasteiger partial charge in [-0.1, -0.05) is 5.03 Å². The van der Waals surface area contributed by atoms with Crippen molar-refractivity contribution in [1.29, 1.82) is 0 Å². The quantitative estimate of drug-likeness (QED) is 0.472. The zero-order chi connectivity index (χ0) is 11.0. The van der Waals surface area contributed by atoms with Crippen molar-refractivity contribution in [2.75, 3.05) is 0 Å². The van der Waals surface area contributed by atoms with Gasteiger partial charge in [-0.15, -0.1) is 0 Å². The molecule has 3 nitrogen and oxygen atoms in total. The monoisotopic (exact) mass is 244 g/mol. The van der Waals surface area contributed by atoms with Gasteiger partial charge in [0.15, 0.2) is 0 Å². The first-order valence-corrected chi connectivity index (χ1v) is 5.51. The number of fused-ring (bicyclic) bond motifs is 1. The second-order valence-corrected chi connectivity index (χ2v) is 4.29. The van der Waals surface area contributed by atoms with Crippen LogP contribution in [0, 0.1) is 6.92 Å². The standard InChI is InChI=1S/C11H14N2OS.Na/c1-6-7-4-2-3-5-8(7)9(10(12)14)11(15)13-6;/h2-5H2,1H3,(H2,12,14)(H,13,15);/q;+1/p-1. The molecule has 0 bridgehead atoms. The van der Waals surface area contributed by atoms with E-state index in [-0.39, 0.29) is 29.6 Å². The van der Waals surface area contributed by atoms with Gasteiger partial charge in [-0.25, -0.2) is 0 Å². The molecule has 0 saturated carbocycles. The molecule has 16 heavy (non-hydrogen) atoms. The van der Waals surface area contributed by atoms with Gasteiger partial charge in [0.1, 0.15) is 0 Å². The van der Waals surface area contributed by atoms with Crippen LogP contribution in [0.1, 0.15) is 40.0 Å². The van der Waals surface area contributed by atoms with Crippen LogP contribution < -0.4 is 35.3 Å². The normalized spacial score (nSPS) is 13.8. The van der Waals surface area contributed by atoms with E-state index in [9.17, 15) is 4.79 Å². The Labute approximate surface area is 123 Å². The Morgan fingerprint density at radius 3 is 2.44 bits per heavy atom. The van der Waals surface area contributed by atoms with Crippen LogP contribution in [0.5, 0.6) is 0 Å². The van der Waals surface area contributed by atoms with E-state index in [2.05, 4.69) is 4.98 Å². The maximum absolute atomic E-state index is 11.3. The maximum atomic E-state index is 11.3. The molecule has 1 aromatic heterocycles. The molecule has 1 aliphatic carbocycles. The number of carbonyl (C=O) groups excluding carboxylic acids is 1. The summed E-state index contributed by atoms with van der Waals surface area (Å²) in [5.74, 6) is -0.439. The first kappa shape index (κ1) is 13.9. The third-order valence-corrected chi connectivity index (χ3v) is 3.23. The van der Waals surface area contributed by atoms with Crippen LogP contribution in [-0.4, -0.2) is 10.9 Å². The summed E-state index contributed by atoms with van der Waals surface area (Å²) in [5, 5.41) is 0.362. The third kappa shape index (κ3) is 2.40. The van der Waals surface area contributed by atoms with E-state index >= 15 is 0 Å². The van der Waals surface area contributed by atoms with Crippen LogP contribution in [0.25, 0.3) is 0 Å². The molecule has 0 aromatic carbocycles. The summed E-state index contributed by atoms with van der Waals surface area (Å²) < 4.78 is 0. The Hall–Kier alpha value is -0.160. The Kier molecular flexibility index (Phi) is 4.73. The summed E-state index contributed by atoms with van der Waals surface area (Å²) >= 11 is 5.09. The number of nitrogens with two attached hydrogens (primary N) is 1. The minimum atomic E-state index is -0.439. The molecule has 0 unspecified atom stereocenters. The molecule has 80 valence electrons. The molecule has 1 aromatic rings. The summed E-state index contributed by atoms with van der Waals surface area (Å²) in [5.41, 5.74) is 9.01. The van der Waals surface area contributed by atoms with Gasteiger partial charge in [-0.3, -0.25) is 9.78 Å². The topological polar surface area (TPSA) is 56.0 Å². The second-order valence-electron chi connectivity index (χ2n) is 3.91. The minimum Gasteiger partial charge on any atom is -0.759 e.